The first-order valence-electron chi connectivity index (χ1n) is 9.16. The lowest BCUT2D eigenvalue weighted by Gasteiger charge is -2.21. The van der Waals surface area contributed by atoms with Crippen molar-refractivity contribution in [1.82, 2.24) is 15.8 Å². The van der Waals surface area contributed by atoms with E-state index in [0.29, 0.717) is 17.9 Å². The third kappa shape index (κ3) is 5.80. The lowest BCUT2D eigenvalue weighted by Crippen LogP contribution is -2.50. The number of nitrogens with one attached hydrogen (secondary N) is 2. The Morgan fingerprint density at radius 2 is 1.82 bits per heavy atom. The molecule has 8 heteroatoms. The number of hydrogen-bond donors (Lipinski definition) is 2. The summed E-state index contributed by atoms with van der Waals surface area (Å²) in [6.07, 6.45) is 1.13. The van der Waals surface area contributed by atoms with E-state index in [0.717, 1.165) is 5.56 Å². The van der Waals surface area contributed by atoms with Crippen molar-refractivity contribution in [2.45, 2.75) is 52.5 Å². The number of hydrogen-bond acceptors (Lipinski definition) is 5. The molecule has 1 heterocycles. The Hall–Kier alpha value is -2.90. The minimum Gasteiger partial charge on any atom is -0.455 e. The molecule has 1 aliphatic rings. The molecular weight excluding hydrogens is 362 g/mol. The van der Waals surface area contributed by atoms with Crippen LogP contribution in [0.25, 0.3) is 0 Å². The number of rotatable bonds is 7. The van der Waals surface area contributed by atoms with Gasteiger partial charge in [0, 0.05) is 0 Å². The Kier molecular flexibility index (Phi) is 6.43. The number of benzene rings is 1. The fourth-order valence-electron chi connectivity index (χ4n) is 2.78. The summed E-state index contributed by atoms with van der Waals surface area (Å²) in [7, 11) is 0. The molecule has 0 saturated carbocycles. The minimum absolute atomic E-state index is 0.154. The average Bonchev–Trinajstić information content (AvgIpc) is 2.81. The van der Waals surface area contributed by atoms with Gasteiger partial charge in [0.2, 0.25) is 0 Å². The van der Waals surface area contributed by atoms with Crippen LogP contribution in [0, 0.1) is 5.41 Å². The summed E-state index contributed by atoms with van der Waals surface area (Å²) in [6.45, 7) is 6.67. The van der Waals surface area contributed by atoms with Crippen LogP contribution >= 0.6 is 0 Å². The molecule has 1 atom stereocenters. The van der Waals surface area contributed by atoms with Gasteiger partial charge < -0.3 is 10.1 Å². The van der Waals surface area contributed by atoms with Crippen molar-refractivity contribution in [2.75, 3.05) is 6.61 Å². The molecule has 4 amide bonds. The Balaban J connectivity index is 1.88. The highest BCUT2D eigenvalue weighted by molar-refractivity contribution is 6.07. The van der Waals surface area contributed by atoms with Gasteiger partial charge in [-0.05, 0) is 30.7 Å². The molecule has 1 aliphatic heterocycles. The molecule has 28 heavy (non-hydrogen) atoms. The Labute approximate surface area is 164 Å². The fraction of sp³-hybridized carbons (Fsp3) is 0.500. The molecule has 1 fully saturated rings. The first kappa shape index (κ1) is 21.4. The molecule has 1 aromatic rings. The summed E-state index contributed by atoms with van der Waals surface area (Å²) in [4.78, 5) is 48.5. The van der Waals surface area contributed by atoms with Crippen molar-refractivity contribution < 1.29 is 23.9 Å². The summed E-state index contributed by atoms with van der Waals surface area (Å²) in [5.74, 6) is -1.83. The molecular formula is C20H27N3O5. The Bertz CT molecular complexity index is 757. The SMILES string of the molecule is CC(C)(C)CC(=O)OCC(=O)NN1C(=O)N[C@@](C)(CCc2ccccc2)C1=O. The highest BCUT2D eigenvalue weighted by atomic mass is 16.5. The van der Waals surface area contributed by atoms with Gasteiger partial charge in [-0.15, -0.1) is 0 Å². The number of ether oxygens (including phenoxy) is 1. The third-order valence-electron chi connectivity index (χ3n) is 4.29. The van der Waals surface area contributed by atoms with Gasteiger partial charge in [-0.3, -0.25) is 19.8 Å². The highest BCUT2D eigenvalue weighted by Gasteiger charge is 2.48. The van der Waals surface area contributed by atoms with Crippen LogP contribution in [-0.4, -0.2) is 41.0 Å². The van der Waals surface area contributed by atoms with Gasteiger partial charge >= 0.3 is 12.0 Å². The van der Waals surface area contributed by atoms with Crippen LogP contribution in [0.3, 0.4) is 0 Å². The van der Waals surface area contributed by atoms with E-state index in [2.05, 4.69) is 10.7 Å². The second kappa shape index (κ2) is 8.41. The minimum atomic E-state index is -1.12. The van der Waals surface area contributed by atoms with Gasteiger partial charge in [-0.2, -0.15) is 5.01 Å². The van der Waals surface area contributed by atoms with Gasteiger partial charge in [0.15, 0.2) is 6.61 Å². The van der Waals surface area contributed by atoms with Crippen LogP contribution in [-0.2, 0) is 25.5 Å². The van der Waals surface area contributed by atoms with E-state index in [1.165, 1.54) is 0 Å². The van der Waals surface area contributed by atoms with Crippen LogP contribution in [0.4, 0.5) is 4.79 Å². The van der Waals surface area contributed by atoms with Gasteiger partial charge in [0.1, 0.15) is 5.54 Å². The molecule has 2 N–H and O–H groups in total. The zero-order valence-electron chi connectivity index (χ0n) is 16.7. The van der Waals surface area contributed by atoms with Crippen LogP contribution in [0.15, 0.2) is 30.3 Å². The van der Waals surface area contributed by atoms with Crippen molar-refractivity contribution in [3.63, 3.8) is 0 Å². The number of amides is 4. The van der Waals surface area contributed by atoms with E-state index in [-0.39, 0.29) is 11.8 Å². The molecule has 0 bridgehead atoms. The van der Waals surface area contributed by atoms with Crippen LogP contribution in [0.5, 0.6) is 0 Å². The van der Waals surface area contributed by atoms with Gasteiger partial charge in [-0.1, -0.05) is 51.1 Å². The standard InChI is InChI=1S/C20H27N3O5/c1-19(2,3)12-16(25)28-13-15(24)22-23-17(26)20(4,21-18(23)27)11-10-14-8-6-5-7-9-14/h5-9H,10-13H2,1-4H3,(H,21,27)(H,22,24)/t20-/m0/s1. The maximum Gasteiger partial charge on any atom is 0.344 e. The Morgan fingerprint density at radius 1 is 1.18 bits per heavy atom. The third-order valence-corrected chi connectivity index (χ3v) is 4.29. The second-order valence-corrected chi connectivity index (χ2v) is 8.32. The maximum absolute atomic E-state index is 12.6. The molecule has 1 saturated heterocycles. The average molecular weight is 389 g/mol. The summed E-state index contributed by atoms with van der Waals surface area (Å²) >= 11 is 0. The number of urea groups is 1. The second-order valence-electron chi connectivity index (χ2n) is 8.32. The van der Waals surface area contributed by atoms with Gasteiger partial charge in [0.05, 0.1) is 6.42 Å². The van der Waals surface area contributed by atoms with Crippen molar-refractivity contribution in [1.29, 1.82) is 0 Å². The molecule has 0 aliphatic carbocycles. The van der Waals surface area contributed by atoms with Crippen molar-refractivity contribution in [2.24, 2.45) is 5.41 Å². The zero-order chi connectivity index (χ0) is 20.9. The summed E-state index contributed by atoms with van der Waals surface area (Å²) in [5.41, 5.74) is 1.86. The van der Waals surface area contributed by atoms with E-state index >= 15 is 0 Å². The number of imide groups is 1. The molecule has 0 radical (unpaired) electrons. The summed E-state index contributed by atoms with van der Waals surface area (Å²) < 4.78 is 4.90. The number of hydrazine groups is 1. The number of carbonyl (C=O) groups excluding carboxylic acids is 4. The van der Waals surface area contributed by atoms with Gasteiger partial charge in [0.25, 0.3) is 11.8 Å². The Morgan fingerprint density at radius 3 is 2.43 bits per heavy atom. The summed E-state index contributed by atoms with van der Waals surface area (Å²) in [5, 5.41) is 3.26. The smallest absolute Gasteiger partial charge is 0.344 e. The normalized spacial score (nSPS) is 19.4. The van der Waals surface area contributed by atoms with E-state index in [1.54, 1.807) is 6.92 Å². The van der Waals surface area contributed by atoms with Crippen LogP contribution in [0.1, 0.15) is 46.1 Å². The van der Waals surface area contributed by atoms with Crippen LogP contribution in [0.2, 0.25) is 0 Å². The van der Waals surface area contributed by atoms with Crippen molar-refractivity contribution in [3.05, 3.63) is 35.9 Å². The van der Waals surface area contributed by atoms with E-state index < -0.39 is 36.0 Å². The monoisotopic (exact) mass is 389 g/mol. The van der Waals surface area contributed by atoms with E-state index in [1.807, 2.05) is 51.1 Å². The van der Waals surface area contributed by atoms with Crippen molar-refractivity contribution >= 4 is 23.8 Å². The number of carbonyl (C=O) groups is 4. The quantitative estimate of drug-likeness (QED) is 0.548. The predicted octanol–water partition coefficient (Wildman–Crippen LogP) is 1.94. The van der Waals surface area contributed by atoms with Crippen LogP contribution < -0.4 is 10.7 Å². The molecule has 0 aromatic heterocycles. The molecule has 0 unspecified atom stereocenters. The highest BCUT2D eigenvalue weighted by Crippen LogP contribution is 2.22. The van der Waals surface area contributed by atoms with E-state index in [4.69, 9.17) is 4.74 Å². The first-order valence-corrected chi connectivity index (χ1v) is 9.16. The van der Waals surface area contributed by atoms with Gasteiger partial charge in [-0.25, -0.2) is 4.79 Å². The topological polar surface area (TPSA) is 105 Å². The van der Waals surface area contributed by atoms with Crippen molar-refractivity contribution in [3.8, 4) is 0 Å². The largest absolute Gasteiger partial charge is 0.455 e. The molecule has 0 spiro atoms. The maximum atomic E-state index is 12.6. The molecule has 1 aromatic carbocycles. The lowest BCUT2D eigenvalue weighted by atomic mass is 9.92. The molecule has 8 nitrogen and oxygen atoms in total. The number of esters is 1. The number of nitrogens with zero attached hydrogens (tertiary/aromatic N) is 1. The summed E-state index contributed by atoms with van der Waals surface area (Å²) in [6, 6.07) is 8.88. The first-order chi connectivity index (χ1) is 13.0. The number of aryl methyl sites for hydroxylation is 1. The van der Waals surface area contributed by atoms with E-state index in [9.17, 15) is 19.2 Å². The molecule has 2 rings (SSSR count). The fourth-order valence-corrected chi connectivity index (χ4v) is 2.78. The zero-order valence-corrected chi connectivity index (χ0v) is 16.7. The lowest BCUT2D eigenvalue weighted by molar-refractivity contribution is -0.152. The predicted molar refractivity (Wildman–Crippen MR) is 102 cm³/mol. The molecule has 152 valence electrons.